The summed E-state index contributed by atoms with van der Waals surface area (Å²) in [5.74, 6) is 0. The van der Waals surface area contributed by atoms with Crippen LogP contribution in [-0.2, 0) is 6.42 Å². The van der Waals surface area contributed by atoms with Crippen molar-refractivity contribution in [3.05, 3.63) is 59.7 Å². The molecule has 2 aromatic carbocycles. The standard InChI is InChI=1S/C17H15N3O/c1-12-10-14-4-2-3-5-16(14)20(12)17(21)19-15-8-6-13(11-18)7-9-15/h2-9,12H,10H2,1H3,(H,19,21). The molecule has 2 amide bonds. The van der Waals surface area contributed by atoms with Crippen LogP contribution in [0.2, 0.25) is 0 Å². The highest BCUT2D eigenvalue weighted by atomic mass is 16.2. The largest absolute Gasteiger partial charge is 0.326 e. The van der Waals surface area contributed by atoms with Crippen LogP contribution >= 0.6 is 0 Å². The van der Waals surface area contributed by atoms with Gasteiger partial charge in [0.05, 0.1) is 11.6 Å². The van der Waals surface area contributed by atoms with E-state index in [9.17, 15) is 4.79 Å². The highest BCUT2D eigenvalue weighted by Gasteiger charge is 2.30. The van der Waals surface area contributed by atoms with Crippen molar-refractivity contribution in [2.75, 3.05) is 10.2 Å². The van der Waals surface area contributed by atoms with E-state index in [1.54, 1.807) is 29.2 Å². The van der Waals surface area contributed by atoms with Gasteiger partial charge in [-0.25, -0.2) is 4.79 Å². The van der Waals surface area contributed by atoms with Crippen LogP contribution < -0.4 is 10.2 Å². The number of nitrogens with zero attached hydrogens (tertiary/aromatic N) is 2. The molecule has 4 heteroatoms. The highest BCUT2D eigenvalue weighted by Crippen LogP contribution is 2.32. The summed E-state index contributed by atoms with van der Waals surface area (Å²) >= 11 is 0. The fraction of sp³-hybridized carbons (Fsp3) is 0.176. The van der Waals surface area contributed by atoms with Crippen LogP contribution in [-0.4, -0.2) is 12.1 Å². The van der Waals surface area contributed by atoms with E-state index < -0.39 is 0 Å². The first-order valence-electron chi connectivity index (χ1n) is 6.87. The predicted octanol–water partition coefficient (Wildman–Crippen LogP) is 3.54. The van der Waals surface area contributed by atoms with E-state index in [4.69, 9.17) is 5.26 Å². The second-order valence-corrected chi connectivity index (χ2v) is 5.17. The number of hydrogen-bond acceptors (Lipinski definition) is 2. The lowest BCUT2D eigenvalue weighted by Crippen LogP contribution is -2.39. The number of carbonyl (C=O) groups excluding carboxylic acids is 1. The molecule has 0 saturated carbocycles. The summed E-state index contributed by atoms with van der Waals surface area (Å²) in [5, 5.41) is 11.7. The lowest BCUT2D eigenvalue weighted by molar-refractivity contribution is 0.256. The molecule has 1 unspecified atom stereocenters. The maximum atomic E-state index is 12.5. The smallest absolute Gasteiger partial charge is 0.308 e. The molecule has 2 aromatic rings. The van der Waals surface area contributed by atoms with E-state index in [1.807, 2.05) is 25.1 Å². The highest BCUT2D eigenvalue weighted by molar-refractivity contribution is 6.03. The summed E-state index contributed by atoms with van der Waals surface area (Å²) < 4.78 is 0. The Hall–Kier alpha value is -2.80. The van der Waals surface area contributed by atoms with Crippen LogP contribution in [0.5, 0.6) is 0 Å². The Labute approximate surface area is 123 Å². The quantitative estimate of drug-likeness (QED) is 0.866. The van der Waals surface area contributed by atoms with Crippen LogP contribution in [0.4, 0.5) is 16.2 Å². The van der Waals surface area contributed by atoms with Gasteiger partial charge in [0, 0.05) is 17.4 Å². The third-order valence-corrected chi connectivity index (χ3v) is 3.69. The lowest BCUT2D eigenvalue weighted by atomic mass is 10.1. The second-order valence-electron chi connectivity index (χ2n) is 5.17. The Morgan fingerprint density at radius 3 is 2.67 bits per heavy atom. The number of rotatable bonds is 1. The number of para-hydroxylation sites is 1. The van der Waals surface area contributed by atoms with Gasteiger partial charge < -0.3 is 5.32 Å². The number of nitriles is 1. The van der Waals surface area contributed by atoms with Gasteiger partial charge in [-0.3, -0.25) is 4.90 Å². The monoisotopic (exact) mass is 277 g/mol. The number of carbonyl (C=O) groups is 1. The van der Waals surface area contributed by atoms with Gasteiger partial charge in [0.1, 0.15) is 0 Å². The van der Waals surface area contributed by atoms with E-state index in [1.165, 1.54) is 5.56 Å². The van der Waals surface area contributed by atoms with Gasteiger partial charge in [-0.1, -0.05) is 18.2 Å². The summed E-state index contributed by atoms with van der Waals surface area (Å²) in [7, 11) is 0. The van der Waals surface area contributed by atoms with Gasteiger partial charge >= 0.3 is 6.03 Å². The topological polar surface area (TPSA) is 56.1 Å². The molecule has 0 fully saturated rings. The number of amides is 2. The van der Waals surface area contributed by atoms with Gasteiger partial charge in [-0.05, 0) is 49.2 Å². The zero-order valence-corrected chi connectivity index (χ0v) is 11.7. The number of nitrogens with one attached hydrogen (secondary N) is 1. The molecule has 0 bridgehead atoms. The minimum absolute atomic E-state index is 0.140. The molecule has 1 N–H and O–H groups in total. The summed E-state index contributed by atoms with van der Waals surface area (Å²) in [6.07, 6.45) is 0.872. The Bertz CT molecular complexity index is 716. The van der Waals surface area contributed by atoms with E-state index in [-0.39, 0.29) is 12.1 Å². The Kier molecular flexibility index (Phi) is 3.33. The van der Waals surface area contributed by atoms with Crippen LogP contribution in [0.15, 0.2) is 48.5 Å². The Morgan fingerprint density at radius 1 is 1.24 bits per heavy atom. The average molecular weight is 277 g/mol. The molecular formula is C17H15N3O. The van der Waals surface area contributed by atoms with E-state index >= 15 is 0 Å². The molecule has 1 heterocycles. The SMILES string of the molecule is CC1Cc2ccccc2N1C(=O)Nc1ccc(C#N)cc1. The van der Waals surface area contributed by atoms with Crippen molar-refractivity contribution in [2.24, 2.45) is 0 Å². The van der Waals surface area contributed by atoms with Crippen molar-refractivity contribution in [3.63, 3.8) is 0 Å². The summed E-state index contributed by atoms with van der Waals surface area (Å²) in [6, 6.07) is 16.9. The van der Waals surface area contributed by atoms with E-state index in [2.05, 4.69) is 17.5 Å². The van der Waals surface area contributed by atoms with Crippen LogP contribution in [0.25, 0.3) is 0 Å². The first-order chi connectivity index (χ1) is 10.2. The third-order valence-electron chi connectivity index (χ3n) is 3.69. The van der Waals surface area contributed by atoms with Gasteiger partial charge in [-0.15, -0.1) is 0 Å². The van der Waals surface area contributed by atoms with Gasteiger partial charge in [0.25, 0.3) is 0 Å². The maximum absolute atomic E-state index is 12.5. The minimum Gasteiger partial charge on any atom is -0.308 e. The molecule has 0 spiro atoms. The van der Waals surface area contributed by atoms with Crippen molar-refractivity contribution >= 4 is 17.4 Å². The molecule has 104 valence electrons. The molecule has 0 radical (unpaired) electrons. The molecule has 1 aliphatic heterocycles. The third kappa shape index (κ3) is 2.46. The molecule has 0 aromatic heterocycles. The van der Waals surface area contributed by atoms with Crippen molar-refractivity contribution in [2.45, 2.75) is 19.4 Å². The first-order valence-corrected chi connectivity index (χ1v) is 6.87. The summed E-state index contributed by atoms with van der Waals surface area (Å²) in [6.45, 7) is 2.04. The number of fused-ring (bicyclic) bond motifs is 1. The Balaban J connectivity index is 1.81. The predicted molar refractivity (Wildman–Crippen MR) is 82.3 cm³/mol. The summed E-state index contributed by atoms with van der Waals surface area (Å²) in [4.78, 5) is 14.3. The normalized spacial score (nSPS) is 16.2. The van der Waals surface area contributed by atoms with Crippen molar-refractivity contribution < 1.29 is 4.79 Å². The lowest BCUT2D eigenvalue weighted by Gasteiger charge is -2.23. The number of hydrogen-bond donors (Lipinski definition) is 1. The number of anilines is 2. The zero-order valence-electron chi connectivity index (χ0n) is 11.7. The van der Waals surface area contributed by atoms with Crippen molar-refractivity contribution in [1.82, 2.24) is 0 Å². The number of urea groups is 1. The van der Waals surface area contributed by atoms with Gasteiger partial charge in [0.15, 0.2) is 0 Å². The van der Waals surface area contributed by atoms with Crippen molar-refractivity contribution in [1.29, 1.82) is 5.26 Å². The molecule has 21 heavy (non-hydrogen) atoms. The van der Waals surface area contributed by atoms with E-state index in [0.29, 0.717) is 11.3 Å². The number of benzene rings is 2. The molecule has 0 saturated heterocycles. The fourth-order valence-electron chi connectivity index (χ4n) is 2.69. The van der Waals surface area contributed by atoms with Gasteiger partial charge in [-0.2, -0.15) is 5.26 Å². The average Bonchev–Trinajstić information content (AvgIpc) is 2.83. The van der Waals surface area contributed by atoms with E-state index in [0.717, 1.165) is 12.1 Å². The summed E-state index contributed by atoms with van der Waals surface area (Å²) in [5.41, 5.74) is 3.43. The maximum Gasteiger partial charge on any atom is 0.326 e. The van der Waals surface area contributed by atoms with Crippen LogP contribution in [0.1, 0.15) is 18.1 Å². The minimum atomic E-state index is -0.142. The van der Waals surface area contributed by atoms with Crippen LogP contribution in [0.3, 0.4) is 0 Å². The zero-order chi connectivity index (χ0) is 14.8. The molecule has 1 aliphatic rings. The fourth-order valence-corrected chi connectivity index (χ4v) is 2.69. The molecule has 3 rings (SSSR count). The Morgan fingerprint density at radius 2 is 1.95 bits per heavy atom. The molecule has 4 nitrogen and oxygen atoms in total. The molecule has 1 atom stereocenters. The first kappa shape index (κ1) is 13.2. The molecular weight excluding hydrogens is 262 g/mol. The van der Waals surface area contributed by atoms with Crippen LogP contribution in [0, 0.1) is 11.3 Å². The molecule has 0 aliphatic carbocycles. The van der Waals surface area contributed by atoms with Crippen molar-refractivity contribution in [3.8, 4) is 6.07 Å². The second kappa shape index (κ2) is 5.29. The van der Waals surface area contributed by atoms with Gasteiger partial charge in [0.2, 0.25) is 0 Å².